The second kappa shape index (κ2) is 9.03. The monoisotopic (exact) mass is 479 g/mol. The molecule has 1 aromatic heterocycles. The molecule has 2 unspecified atom stereocenters. The number of pyridine rings is 1. The van der Waals surface area contributed by atoms with Crippen LogP contribution < -0.4 is 0 Å². The van der Waals surface area contributed by atoms with Crippen molar-refractivity contribution in [1.82, 2.24) is 9.88 Å². The van der Waals surface area contributed by atoms with Crippen LogP contribution in [0.25, 0.3) is 11.1 Å². The smallest absolute Gasteiger partial charge is 0.413 e. The number of thiocarbonyl (C=S) groups is 1. The number of aromatic nitrogens is 1. The van der Waals surface area contributed by atoms with Crippen LogP contribution >= 0.6 is 12.2 Å². The molecular formula is C25H25N3O3S2. The van der Waals surface area contributed by atoms with E-state index in [0.29, 0.717) is 0 Å². The fourth-order valence-corrected chi connectivity index (χ4v) is 5.94. The molecular weight excluding hydrogens is 454 g/mol. The molecule has 0 bridgehead atoms. The highest BCUT2D eigenvalue weighted by Gasteiger charge is 2.32. The lowest BCUT2D eigenvalue weighted by molar-refractivity contribution is 0.168. The number of aryl methyl sites for hydroxylation is 1. The summed E-state index contributed by atoms with van der Waals surface area (Å²) in [5.74, 6) is -0.187. The topological polar surface area (TPSA) is 82.9 Å². The van der Waals surface area contributed by atoms with Crippen LogP contribution in [-0.4, -0.2) is 43.2 Å². The molecule has 2 atom stereocenters. The molecule has 8 heteroatoms. The van der Waals surface area contributed by atoms with Crippen LogP contribution in [0, 0.1) is 6.92 Å². The van der Waals surface area contributed by atoms with E-state index in [1.165, 1.54) is 6.26 Å². The number of nitrogens with zero attached hydrogens (tertiary/aromatic N) is 3. The maximum Gasteiger partial charge on any atom is 0.413 e. The van der Waals surface area contributed by atoms with E-state index in [9.17, 15) is 14.1 Å². The van der Waals surface area contributed by atoms with Crippen molar-refractivity contribution in [3.63, 3.8) is 0 Å². The van der Waals surface area contributed by atoms with Gasteiger partial charge in [0.25, 0.3) is 0 Å². The van der Waals surface area contributed by atoms with Gasteiger partial charge in [0.2, 0.25) is 5.11 Å². The summed E-state index contributed by atoms with van der Waals surface area (Å²) < 4.78 is 17.7. The third kappa shape index (κ3) is 4.54. The molecule has 1 N–H and O–H groups in total. The number of carboxylic acid groups (broad SMARTS) is 1. The first kappa shape index (κ1) is 23.1. The molecule has 0 fully saturated rings. The fourth-order valence-electron chi connectivity index (χ4n) is 4.13. The highest BCUT2D eigenvalue weighted by molar-refractivity contribution is 7.94. The van der Waals surface area contributed by atoms with Crippen molar-refractivity contribution in [1.29, 1.82) is 0 Å². The first-order valence-corrected chi connectivity index (χ1v) is 12.9. The molecule has 1 amide bonds. The summed E-state index contributed by atoms with van der Waals surface area (Å²) in [6.07, 6.45) is 1.96. The average molecular weight is 480 g/mol. The largest absolute Gasteiger partial charge is 0.465 e. The van der Waals surface area contributed by atoms with Crippen LogP contribution in [0.2, 0.25) is 0 Å². The summed E-state index contributed by atoms with van der Waals surface area (Å²) in [7, 11) is -2.87. The minimum atomic E-state index is -2.87. The van der Waals surface area contributed by atoms with Gasteiger partial charge in [-0.05, 0) is 59.9 Å². The first-order chi connectivity index (χ1) is 15.7. The van der Waals surface area contributed by atoms with Gasteiger partial charge in [0, 0.05) is 30.6 Å². The van der Waals surface area contributed by atoms with Gasteiger partial charge in [0.15, 0.2) is 0 Å². The second-order valence-electron chi connectivity index (χ2n) is 8.23. The van der Waals surface area contributed by atoms with Gasteiger partial charge in [-0.1, -0.05) is 54.6 Å². The van der Waals surface area contributed by atoms with Gasteiger partial charge >= 0.3 is 6.09 Å². The maximum absolute atomic E-state index is 13.4. The predicted octanol–water partition coefficient (Wildman–Crippen LogP) is 5.63. The van der Waals surface area contributed by atoms with Gasteiger partial charge in [-0.15, -0.1) is 0 Å². The summed E-state index contributed by atoms with van der Waals surface area (Å²) in [5, 5.41) is 9.30. The average Bonchev–Trinajstić information content (AvgIpc) is 3.10. The molecule has 0 aliphatic heterocycles. The highest BCUT2D eigenvalue weighted by atomic mass is 32.2. The Hall–Kier alpha value is -3.10. The molecule has 1 heterocycles. The third-order valence-electron chi connectivity index (χ3n) is 6.11. The summed E-state index contributed by atoms with van der Waals surface area (Å²) in [5.41, 5.74) is 5.89. The lowest BCUT2D eigenvalue weighted by Gasteiger charge is -2.24. The molecule has 6 nitrogen and oxygen atoms in total. The Morgan fingerprint density at radius 3 is 2.21 bits per heavy atom. The minimum absolute atomic E-state index is 0.0989. The Morgan fingerprint density at radius 2 is 1.70 bits per heavy atom. The Kier molecular flexibility index (Phi) is 6.32. The molecule has 33 heavy (non-hydrogen) atoms. The zero-order valence-corrected chi connectivity index (χ0v) is 20.3. The zero-order chi connectivity index (χ0) is 23.8. The van der Waals surface area contributed by atoms with Gasteiger partial charge in [0.1, 0.15) is 0 Å². The molecule has 170 valence electrons. The van der Waals surface area contributed by atoms with E-state index in [1.54, 1.807) is 13.1 Å². The number of benzene rings is 2. The van der Waals surface area contributed by atoms with Crippen molar-refractivity contribution in [2.45, 2.75) is 25.0 Å². The molecule has 4 rings (SSSR count). The summed E-state index contributed by atoms with van der Waals surface area (Å²) in [4.78, 5) is 17.5. The first-order valence-electron chi connectivity index (χ1n) is 10.5. The number of hydrogen-bond acceptors (Lipinski definition) is 4. The summed E-state index contributed by atoms with van der Waals surface area (Å²) in [6, 6.07) is 19.6. The van der Waals surface area contributed by atoms with Crippen molar-refractivity contribution >= 4 is 33.2 Å². The SMILES string of the molecule is Cc1ccc(C(C)S(C)(=O)=NC(=S)N(CC2c3ccccc3-c3ccccc32)C(=O)O)cn1. The van der Waals surface area contributed by atoms with E-state index in [1.807, 2.05) is 67.6 Å². The Labute approximate surface area is 199 Å². The maximum atomic E-state index is 13.4. The lowest BCUT2D eigenvalue weighted by Crippen LogP contribution is -2.37. The van der Waals surface area contributed by atoms with E-state index >= 15 is 0 Å². The van der Waals surface area contributed by atoms with Crippen LogP contribution in [-0.2, 0) is 9.73 Å². The number of amides is 1. The Balaban J connectivity index is 1.66. The molecule has 0 saturated carbocycles. The minimum Gasteiger partial charge on any atom is -0.465 e. The molecule has 0 spiro atoms. The number of rotatable bonds is 4. The van der Waals surface area contributed by atoms with Crippen molar-refractivity contribution in [3.8, 4) is 11.1 Å². The quantitative estimate of drug-likeness (QED) is 0.491. The van der Waals surface area contributed by atoms with E-state index in [2.05, 4.69) is 9.35 Å². The highest BCUT2D eigenvalue weighted by Crippen LogP contribution is 2.44. The van der Waals surface area contributed by atoms with E-state index in [4.69, 9.17) is 12.2 Å². The van der Waals surface area contributed by atoms with Crippen LogP contribution in [0.3, 0.4) is 0 Å². The molecule has 0 radical (unpaired) electrons. The molecule has 1 aliphatic carbocycles. The zero-order valence-electron chi connectivity index (χ0n) is 18.6. The van der Waals surface area contributed by atoms with E-state index in [-0.39, 0.29) is 17.6 Å². The van der Waals surface area contributed by atoms with Crippen molar-refractivity contribution in [3.05, 3.63) is 89.2 Å². The lowest BCUT2D eigenvalue weighted by atomic mass is 9.96. The standard InChI is InChI=1S/C25H25N3O3S2/c1-16-12-13-18(14-26-16)17(2)33(3,31)27-24(32)28(25(29)30)15-23-21-10-6-4-8-19(21)20-9-5-7-11-22(20)23/h4-14,17,23H,15H2,1-3H3,(H,29,30). The van der Waals surface area contributed by atoms with Gasteiger partial charge < -0.3 is 5.11 Å². The van der Waals surface area contributed by atoms with Gasteiger partial charge in [-0.3, -0.25) is 9.88 Å². The third-order valence-corrected chi connectivity index (χ3v) is 8.66. The van der Waals surface area contributed by atoms with Gasteiger partial charge in [-0.25, -0.2) is 9.00 Å². The van der Waals surface area contributed by atoms with Gasteiger partial charge in [-0.2, -0.15) is 4.36 Å². The van der Waals surface area contributed by atoms with Crippen LogP contribution in [0.5, 0.6) is 0 Å². The fraction of sp³-hybridized carbons (Fsp3) is 0.240. The normalized spacial score (nSPS) is 15.1. The summed E-state index contributed by atoms with van der Waals surface area (Å²) in [6.45, 7) is 3.76. The summed E-state index contributed by atoms with van der Waals surface area (Å²) >= 11 is 5.41. The predicted molar refractivity (Wildman–Crippen MR) is 135 cm³/mol. The van der Waals surface area contributed by atoms with Crippen molar-refractivity contribution in [2.75, 3.05) is 12.8 Å². The number of hydrogen-bond donors (Lipinski definition) is 1. The van der Waals surface area contributed by atoms with Gasteiger partial charge in [0.05, 0.1) is 15.0 Å². The molecule has 2 aromatic carbocycles. The molecule has 3 aromatic rings. The Morgan fingerprint density at radius 1 is 1.12 bits per heavy atom. The number of fused-ring (bicyclic) bond motifs is 3. The van der Waals surface area contributed by atoms with Crippen LogP contribution in [0.15, 0.2) is 71.2 Å². The van der Waals surface area contributed by atoms with Crippen molar-refractivity contribution in [2.24, 2.45) is 4.36 Å². The van der Waals surface area contributed by atoms with Crippen molar-refractivity contribution < 1.29 is 14.1 Å². The number of carbonyl (C=O) groups is 1. The van der Waals surface area contributed by atoms with Crippen LogP contribution in [0.1, 0.15) is 40.5 Å². The van der Waals surface area contributed by atoms with E-state index in [0.717, 1.165) is 38.4 Å². The molecule has 0 saturated heterocycles. The Bertz CT molecular complexity index is 1300. The molecule has 1 aliphatic rings. The second-order valence-corrected chi connectivity index (χ2v) is 11.2. The van der Waals surface area contributed by atoms with E-state index < -0.39 is 21.1 Å². The van der Waals surface area contributed by atoms with Crippen LogP contribution in [0.4, 0.5) is 4.79 Å².